The molecule has 1 aliphatic carbocycles. The number of nitrogens with zero attached hydrogens (tertiary/aromatic N) is 1. The quantitative estimate of drug-likeness (QED) is 0.223. The SMILES string of the molecule is O=C(Oc1ccc(/C=N/NC(=O)C2CCCCC2)c(OC(=O)c2ccccc2)c1)c1ccccc1. The number of carbonyl (C=O) groups is 3. The summed E-state index contributed by atoms with van der Waals surface area (Å²) in [5.74, 6) is -0.899. The second-order valence-electron chi connectivity index (χ2n) is 8.28. The van der Waals surface area contributed by atoms with Gasteiger partial charge >= 0.3 is 11.9 Å². The first-order valence-corrected chi connectivity index (χ1v) is 11.6. The van der Waals surface area contributed by atoms with E-state index in [2.05, 4.69) is 10.5 Å². The normalized spacial score (nSPS) is 13.8. The lowest BCUT2D eigenvalue weighted by Gasteiger charge is -2.19. The van der Waals surface area contributed by atoms with E-state index in [0.717, 1.165) is 32.1 Å². The van der Waals surface area contributed by atoms with E-state index in [-0.39, 0.29) is 23.3 Å². The fraction of sp³-hybridized carbons (Fsp3) is 0.214. The first kappa shape index (κ1) is 23.9. The van der Waals surface area contributed by atoms with Crippen LogP contribution in [0, 0.1) is 5.92 Å². The number of benzene rings is 3. The van der Waals surface area contributed by atoms with Gasteiger partial charge in [-0.25, -0.2) is 15.0 Å². The number of ether oxygens (including phenoxy) is 2. The van der Waals surface area contributed by atoms with Crippen molar-refractivity contribution in [2.24, 2.45) is 11.0 Å². The molecule has 0 saturated heterocycles. The number of amides is 1. The molecule has 1 N–H and O–H groups in total. The summed E-state index contributed by atoms with van der Waals surface area (Å²) in [4.78, 5) is 37.5. The first-order chi connectivity index (χ1) is 17.1. The Balaban J connectivity index is 1.52. The van der Waals surface area contributed by atoms with Gasteiger partial charge in [0.1, 0.15) is 11.5 Å². The zero-order valence-electron chi connectivity index (χ0n) is 19.2. The van der Waals surface area contributed by atoms with Crippen molar-refractivity contribution in [3.63, 3.8) is 0 Å². The molecule has 4 rings (SSSR count). The molecule has 0 aromatic heterocycles. The molecule has 0 spiro atoms. The lowest BCUT2D eigenvalue weighted by Crippen LogP contribution is -2.28. The van der Waals surface area contributed by atoms with Crippen LogP contribution >= 0.6 is 0 Å². The molecule has 0 aliphatic heterocycles. The Bertz CT molecular complexity index is 1200. The molecule has 0 atom stereocenters. The number of rotatable bonds is 7. The molecule has 1 fully saturated rings. The Labute approximate surface area is 203 Å². The van der Waals surface area contributed by atoms with Crippen LogP contribution in [0.3, 0.4) is 0 Å². The predicted molar refractivity (Wildman–Crippen MR) is 132 cm³/mol. The highest BCUT2D eigenvalue weighted by Crippen LogP contribution is 2.26. The van der Waals surface area contributed by atoms with Gasteiger partial charge in [0.2, 0.25) is 5.91 Å². The van der Waals surface area contributed by atoms with Gasteiger partial charge in [0, 0.05) is 17.5 Å². The molecule has 0 unspecified atom stereocenters. The third kappa shape index (κ3) is 6.63. The average molecular weight is 471 g/mol. The highest BCUT2D eigenvalue weighted by Gasteiger charge is 2.20. The summed E-state index contributed by atoms with van der Waals surface area (Å²) >= 11 is 0. The summed E-state index contributed by atoms with van der Waals surface area (Å²) in [5, 5.41) is 4.07. The lowest BCUT2D eigenvalue weighted by atomic mass is 9.89. The van der Waals surface area contributed by atoms with Crippen LogP contribution in [0.15, 0.2) is 84.0 Å². The van der Waals surface area contributed by atoms with Gasteiger partial charge in [-0.15, -0.1) is 0 Å². The van der Waals surface area contributed by atoms with E-state index in [0.29, 0.717) is 16.7 Å². The van der Waals surface area contributed by atoms with Crippen LogP contribution in [0.5, 0.6) is 11.5 Å². The summed E-state index contributed by atoms with van der Waals surface area (Å²) in [7, 11) is 0. The Kier molecular flexibility index (Phi) is 8.01. The van der Waals surface area contributed by atoms with Crippen molar-refractivity contribution in [3.8, 4) is 11.5 Å². The van der Waals surface area contributed by atoms with Gasteiger partial charge in [0.15, 0.2) is 0 Å². The Morgan fingerprint density at radius 3 is 2.00 bits per heavy atom. The summed E-state index contributed by atoms with van der Waals surface area (Å²) in [5.41, 5.74) is 3.79. The molecule has 3 aromatic rings. The van der Waals surface area contributed by atoms with Crippen molar-refractivity contribution in [2.75, 3.05) is 0 Å². The van der Waals surface area contributed by atoms with E-state index in [1.807, 2.05) is 0 Å². The molecular formula is C28H26N2O5. The minimum Gasteiger partial charge on any atom is -0.423 e. The standard InChI is InChI=1S/C28H26N2O5/c31-26(20-10-4-1-5-11-20)30-29-19-23-16-17-24(34-27(32)21-12-6-2-7-13-21)18-25(23)35-28(33)22-14-8-3-9-15-22/h2-3,6-9,12-20H,1,4-5,10-11H2,(H,30,31)/b29-19+. The highest BCUT2D eigenvalue weighted by molar-refractivity contribution is 5.94. The van der Waals surface area contributed by atoms with Gasteiger partial charge in [-0.3, -0.25) is 4.79 Å². The largest absolute Gasteiger partial charge is 0.423 e. The number of hydrazone groups is 1. The summed E-state index contributed by atoms with van der Waals surface area (Å²) in [6.07, 6.45) is 6.39. The van der Waals surface area contributed by atoms with E-state index >= 15 is 0 Å². The van der Waals surface area contributed by atoms with Crippen molar-refractivity contribution in [1.29, 1.82) is 0 Å². The number of esters is 2. The molecule has 1 amide bonds. The van der Waals surface area contributed by atoms with E-state index in [9.17, 15) is 14.4 Å². The molecule has 0 bridgehead atoms. The monoisotopic (exact) mass is 470 g/mol. The topological polar surface area (TPSA) is 94.1 Å². The minimum absolute atomic E-state index is 0.0314. The Morgan fingerprint density at radius 1 is 0.771 bits per heavy atom. The highest BCUT2D eigenvalue weighted by atomic mass is 16.5. The van der Waals surface area contributed by atoms with E-state index in [4.69, 9.17) is 9.47 Å². The first-order valence-electron chi connectivity index (χ1n) is 11.6. The van der Waals surface area contributed by atoms with Crippen LogP contribution in [0.2, 0.25) is 0 Å². The van der Waals surface area contributed by atoms with Crippen molar-refractivity contribution in [3.05, 3.63) is 95.6 Å². The van der Waals surface area contributed by atoms with Gasteiger partial charge in [0.05, 0.1) is 17.3 Å². The smallest absolute Gasteiger partial charge is 0.343 e. The van der Waals surface area contributed by atoms with Crippen LogP contribution in [-0.2, 0) is 4.79 Å². The zero-order chi connectivity index (χ0) is 24.5. The molecule has 7 nitrogen and oxygen atoms in total. The Morgan fingerprint density at radius 2 is 1.37 bits per heavy atom. The van der Waals surface area contributed by atoms with Gasteiger partial charge < -0.3 is 9.47 Å². The molecular weight excluding hydrogens is 444 g/mol. The number of nitrogens with one attached hydrogen (secondary N) is 1. The maximum Gasteiger partial charge on any atom is 0.343 e. The molecule has 178 valence electrons. The molecule has 3 aromatic carbocycles. The van der Waals surface area contributed by atoms with Crippen molar-refractivity contribution >= 4 is 24.1 Å². The third-order valence-corrected chi connectivity index (χ3v) is 5.77. The molecule has 1 aliphatic rings. The predicted octanol–water partition coefficient (Wildman–Crippen LogP) is 5.16. The van der Waals surface area contributed by atoms with E-state index < -0.39 is 11.9 Å². The number of hydrogen-bond donors (Lipinski definition) is 1. The zero-order valence-corrected chi connectivity index (χ0v) is 19.2. The lowest BCUT2D eigenvalue weighted by molar-refractivity contribution is -0.125. The van der Waals surface area contributed by atoms with Gasteiger partial charge in [-0.05, 0) is 49.2 Å². The Hall–Kier alpha value is -4.26. The summed E-state index contributed by atoms with van der Waals surface area (Å²) in [6, 6.07) is 21.8. The molecule has 35 heavy (non-hydrogen) atoms. The van der Waals surface area contributed by atoms with Crippen molar-refractivity contribution in [1.82, 2.24) is 5.43 Å². The van der Waals surface area contributed by atoms with Gasteiger partial charge in [0.25, 0.3) is 0 Å². The molecule has 7 heteroatoms. The average Bonchev–Trinajstić information content (AvgIpc) is 2.91. The van der Waals surface area contributed by atoms with Crippen molar-refractivity contribution in [2.45, 2.75) is 32.1 Å². The van der Waals surface area contributed by atoms with Crippen LogP contribution < -0.4 is 14.9 Å². The second kappa shape index (κ2) is 11.7. The van der Waals surface area contributed by atoms with Crippen LogP contribution in [0.1, 0.15) is 58.4 Å². The summed E-state index contributed by atoms with van der Waals surface area (Å²) in [6.45, 7) is 0. The van der Waals surface area contributed by atoms with E-state index in [1.54, 1.807) is 72.8 Å². The number of carbonyl (C=O) groups excluding carboxylic acids is 3. The second-order valence-corrected chi connectivity index (χ2v) is 8.28. The molecule has 0 heterocycles. The summed E-state index contributed by atoms with van der Waals surface area (Å²) < 4.78 is 11.1. The maximum absolute atomic E-state index is 12.7. The molecule has 1 saturated carbocycles. The maximum atomic E-state index is 12.7. The van der Waals surface area contributed by atoms with E-state index in [1.165, 1.54) is 12.3 Å². The van der Waals surface area contributed by atoms with Crippen LogP contribution in [0.4, 0.5) is 0 Å². The van der Waals surface area contributed by atoms with Gasteiger partial charge in [-0.1, -0.05) is 55.7 Å². The van der Waals surface area contributed by atoms with Crippen LogP contribution in [0.25, 0.3) is 0 Å². The third-order valence-electron chi connectivity index (χ3n) is 5.77. The molecule has 0 radical (unpaired) electrons. The fourth-order valence-corrected chi connectivity index (χ4v) is 3.87. The van der Waals surface area contributed by atoms with Crippen LogP contribution in [-0.4, -0.2) is 24.1 Å². The van der Waals surface area contributed by atoms with Crippen molar-refractivity contribution < 1.29 is 23.9 Å². The minimum atomic E-state index is -0.571. The van der Waals surface area contributed by atoms with Gasteiger partial charge in [-0.2, -0.15) is 5.10 Å². The fourth-order valence-electron chi connectivity index (χ4n) is 3.87. The number of hydrogen-bond acceptors (Lipinski definition) is 6.